The molecule has 0 saturated carbocycles. The first-order chi connectivity index (χ1) is 15.0. The Balaban J connectivity index is 1.85. The molecule has 1 aliphatic heterocycles. The van der Waals surface area contributed by atoms with Gasteiger partial charge in [-0.3, -0.25) is 14.4 Å². The Kier molecular flexibility index (Phi) is 7.82. The smallest absolute Gasteiger partial charge is 0.303 e. The maximum atomic E-state index is 13.3. The summed E-state index contributed by atoms with van der Waals surface area (Å²) in [5.41, 5.74) is 3.26. The van der Waals surface area contributed by atoms with Crippen molar-refractivity contribution < 1.29 is 19.5 Å². The van der Waals surface area contributed by atoms with Crippen LogP contribution in [0.5, 0.6) is 0 Å². The summed E-state index contributed by atoms with van der Waals surface area (Å²) in [6.45, 7) is 3.95. The molecule has 1 fully saturated rings. The number of aliphatic carboxylic acids is 1. The lowest BCUT2D eigenvalue weighted by Gasteiger charge is -2.24. The van der Waals surface area contributed by atoms with E-state index in [1.807, 2.05) is 48.2 Å². The normalized spacial score (nSPS) is 16.8. The second-order valence-electron chi connectivity index (χ2n) is 7.98. The lowest BCUT2D eigenvalue weighted by molar-refractivity contribution is -0.141. The van der Waals surface area contributed by atoms with Gasteiger partial charge in [-0.05, 0) is 29.5 Å². The third-order valence-corrected chi connectivity index (χ3v) is 5.71. The predicted octanol–water partition coefficient (Wildman–Crippen LogP) is 3.46. The molecule has 3 rings (SSSR count). The van der Waals surface area contributed by atoms with E-state index in [4.69, 9.17) is 5.11 Å². The highest BCUT2D eigenvalue weighted by Crippen LogP contribution is 2.27. The van der Waals surface area contributed by atoms with E-state index < -0.39 is 5.97 Å². The maximum Gasteiger partial charge on any atom is 0.303 e. The molecular weight excluding hydrogens is 392 g/mol. The zero-order valence-electron chi connectivity index (χ0n) is 18.0. The number of hydrogen-bond acceptors (Lipinski definition) is 3. The molecule has 2 amide bonds. The monoisotopic (exact) mass is 422 g/mol. The topological polar surface area (TPSA) is 77.9 Å². The number of nitrogens with zero attached hydrogens (tertiary/aromatic N) is 2. The first kappa shape index (κ1) is 22.5. The van der Waals surface area contributed by atoms with E-state index in [9.17, 15) is 14.4 Å². The van der Waals surface area contributed by atoms with Crippen molar-refractivity contribution in [2.45, 2.75) is 32.6 Å². The molecule has 1 heterocycles. The molecule has 31 heavy (non-hydrogen) atoms. The molecule has 1 saturated heterocycles. The SMILES string of the molecule is CCCN1CCN(C(=O)CCC(=O)O)CC(Cc2ccccc2-c2ccccc2)C1=O. The first-order valence-electron chi connectivity index (χ1n) is 10.9. The van der Waals surface area contributed by atoms with Crippen LogP contribution in [-0.4, -0.2) is 58.9 Å². The van der Waals surface area contributed by atoms with Crippen molar-refractivity contribution in [3.8, 4) is 11.1 Å². The molecule has 0 aromatic heterocycles. The van der Waals surface area contributed by atoms with Crippen molar-refractivity contribution >= 4 is 17.8 Å². The van der Waals surface area contributed by atoms with E-state index in [2.05, 4.69) is 18.2 Å². The highest BCUT2D eigenvalue weighted by molar-refractivity contribution is 5.84. The fourth-order valence-electron chi connectivity index (χ4n) is 4.15. The number of benzene rings is 2. The summed E-state index contributed by atoms with van der Waals surface area (Å²) in [5.74, 6) is -1.47. The van der Waals surface area contributed by atoms with Crippen molar-refractivity contribution in [3.05, 3.63) is 60.2 Å². The van der Waals surface area contributed by atoms with Gasteiger partial charge in [-0.1, -0.05) is 61.5 Å². The summed E-state index contributed by atoms with van der Waals surface area (Å²) >= 11 is 0. The molecule has 1 N–H and O–H groups in total. The van der Waals surface area contributed by atoms with Crippen LogP contribution >= 0.6 is 0 Å². The number of hydrogen-bond donors (Lipinski definition) is 1. The average molecular weight is 423 g/mol. The summed E-state index contributed by atoms with van der Waals surface area (Å²) < 4.78 is 0. The van der Waals surface area contributed by atoms with Crippen LogP contribution in [0.4, 0.5) is 0 Å². The van der Waals surface area contributed by atoms with Gasteiger partial charge in [0.2, 0.25) is 11.8 Å². The van der Waals surface area contributed by atoms with Gasteiger partial charge in [0.15, 0.2) is 0 Å². The summed E-state index contributed by atoms with van der Waals surface area (Å²) in [6, 6.07) is 18.1. The van der Waals surface area contributed by atoms with Gasteiger partial charge in [-0.2, -0.15) is 0 Å². The van der Waals surface area contributed by atoms with Crippen molar-refractivity contribution in [1.29, 1.82) is 0 Å². The van der Waals surface area contributed by atoms with Crippen LogP contribution in [0.15, 0.2) is 54.6 Å². The predicted molar refractivity (Wildman–Crippen MR) is 119 cm³/mol. The molecule has 1 atom stereocenters. The van der Waals surface area contributed by atoms with Crippen molar-refractivity contribution in [1.82, 2.24) is 9.80 Å². The van der Waals surface area contributed by atoms with E-state index in [0.717, 1.165) is 23.1 Å². The number of rotatable bonds is 8. The Labute approximate surface area is 183 Å². The molecule has 6 nitrogen and oxygen atoms in total. The first-order valence-corrected chi connectivity index (χ1v) is 10.9. The Hall–Kier alpha value is -3.15. The van der Waals surface area contributed by atoms with E-state index in [1.54, 1.807) is 4.90 Å². The van der Waals surface area contributed by atoms with Gasteiger partial charge in [0, 0.05) is 32.6 Å². The molecule has 2 aromatic carbocycles. The number of carbonyl (C=O) groups is 3. The van der Waals surface area contributed by atoms with Crippen LogP contribution in [0.1, 0.15) is 31.7 Å². The van der Waals surface area contributed by atoms with E-state index in [-0.39, 0.29) is 30.6 Å². The Morgan fingerprint density at radius 3 is 2.42 bits per heavy atom. The van der Waals surface area contributed by atoms with Crippen LogP contribution < -0.4 is 0 Å². The minimum Gasteiger partial charge on any atom is -0.481 e. The quantitative estimate of drug-likeness (QED) is 0.707. The molecule has 0 radical (unpaired) electrons. The molecule has 2 aromatic rings. The lowest BCUT2D eigenvalue weighted by Crippen LogP contribution is -2.38. The van der Waals surface area contributed by atoms with Gasteiger partial charge in [0.05, 0.1) is 12.3 Å². The standard InChI is InChI=1S/C25H30N2O4/c1-2-14-26-15-16-27(23(28)12-13-24(29)30)18-21(25(26)31)17-20-10-6-7-11-22(20)19-8-4-3-5-9-19/h3-11,21H,2,12-18H2,1H3,(H,29,30). The number of carboxylic acids is 1. The maximum absolute atomic E-state index is 13.3. The number of carboxylic acid groups (broad SMARTS) is 1. The third-order valence-electron chi connectivity index (χ3n) is 5.71. The second kappa shape index (κ2) is 10.8. The molecule has 1 unspecified atom stereocenters. The van der Waals surface area contributed by atoms with Gasteiger partial charge in [0.25, 0.3) is 0 Å². The number of carbonyl (C=O) groups excluding carboxylic acids is 2. The molecule has 6 heteroatoms. The van der Waals surface area contributed by atoms with Crippen LogP contribution in [-0.2, 0) is 20.8 Å². The average Bonchev–Trinajstić information content (AvgIpc) is 2.93. The summed E-state index contributed by atoms with van der Waals surface area (Å²) in [6.07, 6.45) is 1.16. The molecule has 1 aliphatic rings. The molecule has 0 aliphatic carbocycles. The Morgan fingerprint density at radius 2 is 1.71 bits per heavy atom. The highest BCUT2D eigenvalue weighted by Gasteiger charge is 2.32. The molecular formula is C25H30N2O4. The number of amides is 2. The minimum atomic E-state index is -0.986. The van der Waals surface area contributed by atoms with E-state index >= 15 is 0 Å². The largest absolute Gasteiger partial charge is 0.481 e. The molecule has 164 valence electrons. The van der Waals surface area contributed by atoms with Gasteiger partial charge in [0.1, 0.15) is 0 Å². The fraction of sp³-hybridized carbons (Fsp3) is 0.400. The van der Waals surface area contributed by atoms with Gasteiger partial charge in [-0.15, -0.1) is 0 Å². The van der Waals surface area contributed by atoms with Crippen molar-refractivity contribution in [2.75, 3.05) is 26.2 Å². The Bertz CT molecular complexity index is 913. The summed E-state index contributed by atoms with van der Waals surface area (Å²) in [4.78, 5) is 40.4. The zero-order chi connectivity index (χ0) is 22.2. The van der Waals surface area contributed by atoms with Crippen molar-refractivity contribution in [2.24, 2.45) is 5.92 Å². The van der Waals surface area contributed by atoms with Crippen LogP contribution in [0.25, 0.3) is 11.1 Å². The summed E-state index contributed by atoms with van der Waals surface area (Å²) in [5, 5.41) is 8.92. The highest BCUT2D eigenvalue weighted by atomic mass is 16.4. The van der Waals surface area contributed by atoms with E-state index in [1.165, 1.54) is 0 Å². The van der Waals surface area contributed by atoms with Crippen LogP contribution in [0, 0.1) is 5.92 Å². The lowest BCUT2D eigenvalue weighted by atomic mass is 9.91. The van der Waals surface area contributed by atoms with Crippen molar-refractivity contribution in [3.63, 3.8) is 0 Å². The third kappa shape index (κ3) is 5.94. The van der Waals surface area contributed by atoms with Crippen LogP contribution in [0.2, 0.25) is 0 Å². The Morgan fingerprint density at radius 1 is 1.00 bits per heavy atom. The van der Waals surface area contributed by atoms with Crippen LogP contribution in [0.3, 0.4) is 0 Å². The van der Waals surface area contributed by atoms with Gasteiger partial charge < -0.3 is 14.9 Å². The zero-order valence-corrected chi connectivity index (χ0v) is 18.0. The fourth-order valence-corrected chi connectivity index (χ4v) is 4.15. The van der Waals surface area contributed by atoms with E-state index in [0.29, 0.717) is 32.6 Å². The summed E-state index contributed by atoms with van der Waals surface area (Å²) in [7, 11) is 0. The molecule has 0 bridgehead atoms. The molecule has 0 spiro atoms. The minimum absolute atomic E-state index is 0.0371. The van der Waals surface area contributed by atoms with Gasteiger partial charge in [-0.25, -0.2) is 0 Å². The van der Waals surface area contributed by atoms with Gasteiger partial charge >= 0.3 is 5.97 Å². The second-order valence-corrected chi connectivity index (χ2v) is 7.98.